The number of esters is 2. The SMILES string of the molecule is CCOC(=O)[C@@H]1C(=O)O[C@@H]2CCCC(=O)C[C@@H]12. The molecule has 3 atom stereocenters. The van der Waals surface area contributed by atoms with E-state index in [1.807, 2.05) is 0 Å². The fraction of sp³-hybridized carbons (Fsp3) is 0.750. The van der Waals surface area contributed by atoms with Gasteiger partial charge in [-0.3, -0.25) is 14.4 Å². The van der Waals surface area contributed by atoms with Gasteiger partial charge in [-0.15, -0.1) is 0 Å². The number of Topliss-reactive ketones (excluding diaryl/α,β-unsaturated/α-hetero) is 1. The normalized spacial score (nSPS) is 32.6. The molecule has 5 nitrogen and oxygen atoms in total. The average Bonchev–Trinajstić information content (AvgIpc) is 2.44. The van der Waals surface area contributed by atoms with Crippen LogP contribution in [0.5, 0.6) is 0 Å². The number of ketones is 1. The molecule has 2 fully saturated rings. The van der Waals surface area contributed by atoms with Crippen LogP contribution in [0, 0.1) is 11.8 Å². The van der Waals surface area contributed by atoms with E-state index in [0.29, 0.717) is 12.8 Å². The van der Waals surface area contributed by atoms with Crippen LogP contribution in [0.3, 0.4) is 0 Å². The predicted octanol–water partition coefficient (Wildman–Crippen LogP) is 0.850. The summed E-state index contributed by atoms with van der Waals surface area (Å²) in [6.45, 7) is 1.92. The average molecular weight is 240 g/mol. The van der Waals surface area contributed by atoms with Gasteiger partial charge in [-0.2, -0.15) is 0 Å². The number of carbonyl (C=O) groups is 3. The van der Waals surface area contributed by atoms with Crippen molar-refractivity contribution < 1.29 is 23.9 Å². The third-order valence-corrected chi connectivity index (χ3v) is 3.38. The lowest BCUT2D eigenvalue weighted by atomic mass is 9.86. The van der Waals surface area contributed by atoms with Crippen LogP contribution in [0.2, 0.25) is 0 Å². The lowest BCUT2D eigenvalue weighted by molar-refractivity contribution is -0.156. The molecule has 5 heteroatoms. The topological polar surface area (TPSA) is 69.7 Å². The number of hydrogen-bond acceptors (Lipinski definition) is 5. The molecule has 2 rings (SSSR count). The molecular weight excluding hydrogens is 224 g/mol. The Morgan fingerprint density at radius 2 is 2.24 bits per heavy atom. The van der Waals surface area contributed by atoms with Gasteiger partial charge in [-0.25, -0.2) is 0 Å². The van der Waals surface area contributed by atoms with Crippen molar-refractivity contribution in [2.75, 3.05) is 6.61 Å². The Balaban J connectivity index is 2.16. The zero-order valence-electron chi connectivity index (χ0n) is 9.81. The predicted molar refractivity (Wildman–Crippen MR) is 57.0 cm³/mol. The Morgan fingerprint density at radius 1 is 1.47 bits per heavy atom. The molecule has 1 saturated heterocycles. The smallest absolute Gasteiger partial charge is 0.321 e. The maximum absolute atomic E-state index is 11.7. The maximum Gasteiger partial charge on any atom is 0.321 e. The van der Waals surface area contributed by atoms with Crippen molar-refractivity contribution in [2.24, 2.45) is 11.8 Å². The van der Waals surface area contributed by atoms with Gasteiger partial charge in [0.1, 0.15) is 11.9 Å². The molecular formula is C12H16O5. The van der Waals surface area contributed by atoms with Crippen LogP contribution in [0.15, 0.2) is 0 Å². The largest absolute Gasteiger partial charge is 0.465 e. The molecule has 94 valence electrons. The molecule has 0 aromatic carbocycles. The second-order valence-electron chi connectivity index (χ2n) is 4.50. The first kappa shape index (κ1) is 12.1. The van der Waals surface area contributed by atoms with Crippen LogP contribution in [-0.2, 0) is 23.9 Å². The Labute approximate surface area is 99.5 Å². The van der Waals surface area contributed by atoms with Crippen molar-refractivity contribution in [3.63, 3.8) is 0 Å². The van der Waals surface area contributed by atoms with Gasteiger partial charge in [0, 0.05) is 18.8 Å². The van der Waals surface area contributed by atoms with Gasteiger partial charge >= 0.3 is 11.9 Å². The first-order valence-electron chi connectivity index (χ1n) is 6.02. The summed E-state index contributed by atoms with van der Waals surface area (Å²) in [5, 5.41) is 0. The molecule has 1 saturated carbocycles. The van der Waals surface area contributed by atoms with Gasteiger partial charge in [0.2, 0.25) is 0 Å². The fourth-order valence-electron chi connectivity index (χ4n) is 2.59. The van der Waals surface area contributed by atoms with E-state index < -0.39 is 17.9 Å². The second-order valence-corrected chi connectivity index (χ2v) is 4.50. The molecule has 2 aliphatic rings. The number of fused-ring (bicyclic) bond motifs is 1. The second kappa shape index (κ2) is 4.85. The van der Waals surface area contributed by atoms with Gasteiger partial charge in [-0.1, -0.05) is 0 Å². The minimum Gasteiger partial charge on any atom is -0.465 e. The molecule has 1 heterocycles. The lowest BCUT2D eigenvalue weighted by Crippen LogP contribution is -2.30. The standard InChI is InChI=1S/C12H16O5/c1-2-16-11(14)10-8-6-7(13)4-3-5-9(8)17-12(10)15/h8-10H,2-6H2,1H3/t8-,9-,10-/m1/s1. The highest BCUT2D eigenvalue weighted by atomic mass is 16.6. The quantitative estimate of drug-likeness (QED) is 0.528. The van der Waals surface area contributed by atoms with E-state index in [1.54, 1.807) is 6.92 Å². The Morgan fingerprint density at radius 3 is 2.94 bits per heavy atom. The van der Waals surface area contributed by atoms with Gasteiger partial charge in [0.05, 0.1) is 6.61 Å². The Kier molecular flexibility index (Phi) is 3.45. The van der Waals surface area contributed by atoms with Gasteiger partial charge in [-0.05, 0) is 19.8 Å². The molecule has 0 amide bonds. The molecule has 0 radical (unpaired) electrons. The molecule has 0 N–H and O–H groups in total. The van der Waals surface area contributed by atoms with Crippen molar-refractivity contribution >= 4 is 17.7 Å². The molecule has 0 aromatic heterocycles. The van der Waals surface area contributed by atoms with E-state index in [1.165, 1.54) is 0 Å². The van der Waals surface area contributed by atoms with E-state index in [0.717, 1.165) is 6.42 Å². The van der Waals surface area contributed by atoms with Gasteiger partial charge in [0.25, 0.3) is 0 Å². The Hall–Kier alpha value is -1.39. The van der Waals surface area contributed by atoms with Crippen molar-refractivity contribution in [1.29, 1.82) is 0 Å². The van der Waals surface area contributed by atoms with Crippen LogP contribution in [-0.4, -0.2) is 30.4 Å². The third-order valence-electron chi connectivity index (χ3n) is 3.38. The molecule has 1 aliphatic carbocycles. The van der Waals surface area contributed by atoms with Gasteiger partial charge in [0.15, 0.2) is 5.92 Å². The molecule has 0 spiro atoms. The molecule has 0 unspecified atom stereocenters. The van der Waals surface area contributed by atoms with Gasteiger partial charge < -0.3 is 9.47 Å². The van der Waals surface area contributed by atoms with Crippen molar-refractivity contribution in [3.8, 4) is 0 Å². The fourth-order valence-corrected chi connectivity index (χ4v) is 2.59. The van der Waals surface area contributed by atoms with Crippen LogP contribution in [0.25, 0.3) is 0 Å². The van der Waals surface area contributed by atoms with Crippen molar-refractivity contribution in [2.45, 2.75) is 38.7 Å². The number of ether oxygens (including phenoxy) is 2. The first-order chi connectivity index (χ1) is 8.13. The third kappa shape index (κ3) is 2.33. The van der Waals surface area contributed by atoms with E-state index in [-0.39, 0.29) is 30.8 Å². The van der Waals surface area contributed by atoms with E-state index in [4.69, 9.17) is 9.47 Å². The maximum atomic E-state index is 11.7. The van der Waals surface area contributed by atoms with Crippen LogP contribution in [0.1, 0.15) is 32.6 Å². The first-order valence-corrected chi connectivity index (χ1v) is 6.02. The zero-order chi connectivity index (χ0) is 12.4. The summed E-state index contributed by atoms with van der Waals surface area (Å²) in [5.41, 5.74) is 0. The minimum atomic E-state index is -0.901. The highest BCUT2D eigenvalue weighted by molar-refractivity contribution is 5.97. The summed E-state index contributed by atoms with van der Waals surface area (Å²) < 4.78 is 10.1. The lowest BCUT2D eigenvalue weighted by Gasteiger charge is -2.16. The Bertz CT molecular complexity index is 349. The summed E-state index contributed by atoms with van der Waals surface area (Å²) in [7, 11) is 0. The molecule has 0 aromatic rings. The number of rotatable bonds is 2. The summed E-state index contributed by atoms with van der Waals surface area (Å²) in [4.78, 5) is 34.9. The van der Waals surface area contributed by atoms with E-state index in [9.17, 15) is 14.4 Å². The minimum absolute atomic E-state index is 0.102. The molecule has 17 heavy (non-hydrogen) atoms. The highest BCUT2D eigenvalue weighted by Gasteiger charge is 2.50. The molecule has 0 bridgehead atoms. The van der Waals surface area contributed by atoms with Crippen molar-refractivity contribution in [3.05, 3.63) is 0 Å². The summed E-state index contributed by atoms with van der Waals surface area (Å²) >= 11 is 0. The van der Waals surface area contributed by atoms with Crippen molar-refractivity contribution in [1.82, 2.24) is 0 Å². The number of carbonyl (C=O) groups excluding carboxylic acids is 3. The summed E-state index contributed by atoms with van der Waals surface area (Å²) in [6.07, 6.45) is 1.87. The van der Waals surface area contributed by atoms with E-state index in [2.05, 4.69) is 0 Å². The monoisotopic (exact) mass is 240 g/mol. The summed E-state index contributed by atoms with van der Waals surface area (Å²) in [6, 6.07) is 0. The van der Waals surface area contributed by atoms with Crippen LogP contribution < -0.4 is 0 Å². The highest BCUT2D eigenvalue weighted by Crippen LogP contribution is 2.37. The van der Waals surface area contributed by atoms with E-state index >= 15 is 0 Å². The zero-order valence-corrected chi connectivity index (χ0v) is 9.81. The van der Waals surface area contributed by atoms with Crippen LogP contribution in [0.4, 0.5) is 0 Å². The number of hydrogen-bond donors (Lipinski definition) is 0. The van der Waals surface area contributed by atoms with Crippen LogP contribution >= 0.6 is 0 Å². The summed E-state index contributed by atoms with van der Waals surface area (Å²) in [5.74, 6) is -2.21. The molecule has 1 aliphatic heterocycles.